The van der Waals surface area contributed by atoms with Crippen LogP contribution in [-0.2, 0) is 4.74 Å². The number of ether oxygens (including phenoxy) is 1. The first-order valence-electron chi connectivity index (χ1n) is 7.47. The molecule has 0 aliphatic carbocycles. The van der Waals surface area contributed by atoms with E-state index in [1.165, 1.54) is 0 Å². The van der Waals surface area contributed by atoms with Crippen molar-refractivity contribution in [2.75, 3.05) is 18.9 Å². The first-order chi connectivity index (χ1) is 10.7. The predicted octanol–water partition coefficient (Wildman–Crippen LogP) is 3.59. The summed E-state index contributed by atoms with van der Waals surface area (Å²) in [6, 6.07) is 17.0. The summed E-state index contributed by atoms with van der Waals surface area (Å²) in [6.45, 7) is 3.23. The molecule has 2 aromatic carbocycles. The second-order valence-corrected chi connectivity index (χ2v) is 5.16. The second-order valence-electron chi connectivity index (χ2n) is 5.16. The maximum Gasteiger partial charge on any atom is 0.251 e. The quantitative estimate of drug-likeness (QED) is 0.600. The maximum absolute atomic E-state index is 11.9. The number of halogens is 1. The standard InChI is InChI=1S/C18H22N2O2.ClH/c1-14(15-6-3-2-4-7-15)22-13-5-12-20-18(21)16-8-10-17(19)11-9-16;/h2-4,6-11,14H,5,12-13,19H2,1H3,(H,20,21);1H. The van der Waals surface area contributed by atoms with Crippen LogP contribution in [0.4, 0.5) is 5.69 Å². The van der Waals surface area contributed by atoms with E-state index < -0.39 is 0 Å². The molecule has 0 aromatic heterocycles. The Bertz CT molecular complexity index is 588. The van der Waals surface area contributed by atoms with E-state index in [-0.39, 0.29) is 24.4 Å². The lowest BCUT2D eigenvalue weighted by atomic mass is 10.1. The molecule has 5 heteroatoms. The van der Waals surface area contributed by atoms with Gasteiger partial charge in [-0.25, -0.2) is 0 Å². The molecular formula is C18H23ClN2O2. The van der Waals surface area contributed by atoms with Crippen LogP contribution in [0.5, 0.6) is 0 Å². The first-order valence-corrected chi connectivity index (χ1v) is 7.47. The van der Waals surface area contributed by atoms with Gasteiger partial charge < -0.3 is 15.8 Å². The Balaban J connectivity index is 0.00000264. The van der Waals surface area contributed by atoms with Gasteiger partial charge in [0.15, 0.2) is 0 Å². The fourth-order valence-corrected chi connectivity index (χ4v) is 2.09. The molecule has 1 amide bonds. The highest BCUT2D eigenvalue weighted by Crippen LogP contribution is 2.15. The van der Waals surface area contributed by atoms with E-state index in [0.717, 1.165) is 12.0 Å². The zero-order valence-corrected chi connectivity index (χ0v) is 14.0. The molecular weight excluding hydrogens is 312 g/mol. The summed E-state index contributed by atoms with van der Waals surface area (Å²) in [5.74, 6) is -0.0869. The average Bonchev–Trinajstić information content (AvgIpc) is 2.55. The number of carbonyl (C=O) groups excluding carboxylic acids is 1. The van der Waals surface area contributed by atoms with Gasteiger partial charge in [-0.1, -0.05) is 30.3 Å². The minimum Gasteiger partial charge on any atom is -0.399 e. The van der Waals surface area contributed by atoms with Gasteiger partial charge in [0.2, 0.25) is 0 Å². The van der Waals surface area contributed by atoms with Gasteiger partial charge in [-0.05, 0) is 43.2 Å². The average molecular weight is 335 g/mol. The van der Waals surface area contributed by atoms with E-state index in [4.69, 9.17) is 10.5 Å². The number of nitrogens with two attached hydrogens (primary N) is 1. The molecule has 2 rings (SSSR count). The van der Waals surface area contributed by atoms with Crippen LogP contribution in [0.3, 0.4) is 0 Å². The Morgan fingerprint density at radius 3 is 2.43 bits per heavy atom. The summed E-state index contributed by atoms with van der Waals surface area (Å²) in [5.41, 5.74) is 8.03. The molecule has 3 N–H and O–H groups in total. The van der Waals surface area contributed by atoms with E-state index >= 15 is 0 Å². The fourth-order valence-electron chi connectivity index (χ4n) is 2.09. The van der Waals surface area contributed by atoms with Gasteiger partial charge in [0.05, 0.1) is 6.10 Å². The summed E-state index contributed by atoms with van der Waals surface area (Å²) in [5, 5.41) is 2.87. The number of carbonyl (C=O) groups is 1. The minimum atomic E-state index is -0.0869. The third-order valence-electron chi connectivity index (χ3n) is 3.42. The van der Waals surface area contributed by atoms with Crippen molar-refractivity contribution in [1.82, 2.24) is 5.32 Å². The second kappa shape index (κ2) is 9.87. The highest BCUT2D eigenvalue weighted by atomic mass is 35.5. The van der Waals surface area contributed by atoms with Crippen molar-refractivity contribution in [1.29, 1.82) is 0 Å². The van der Waals surface area contributed by atoms with E-state index in [1.807, 2.05) is 37.3 Å². The maximum atomic E-state index is 11.9. The topological polar surface area (TPSA) is 64.3 Å². The normalized spacial score (nSPS) is 11.3. The summed E-state index contributed by atoms with van der Waals surface area (Å²) in [4.78, 5) is 11.9. The number of benzene rings is 2. The fraction of sp³-hybridized carbons (Fsp3) is 0.278. The molecule has 23 heavy (non-hydrogen) atoms. The molecule has 0 fully saturated rings. The number of anilines is 1. The van der Waals surface area contributed by atoms with E-state index in [9.17, 15) is 4.79 Å². The van der Waals surface area contributed by atoms with Gasteiger partial charge in [0, 0.05) is 24.4 Å². The number of rotatable bonds is 7. The zero-order valence-electron chi connectivity index (χ0n) is 13.2. The minimum absolute atomic E-state index is 0. The number of amides is 1. The van der Waals surface area contributed by atoms with Crippen LogP contribution in [0, 0.1) is 0 Å². The van der Waals surface area contributed by atoms with E-state index in [0.29, 0.717) is 24.4 Å². The lowest BCUT2D eigenvalue weighted by Crippen LogP contribution is -2.25. The molecule has 0 saturated heterocycles. The molecule has 0 aliphatic rings. The molecule has 0 radical (unpaired) electrons. The summed E-state index contributed by atoms with van der Waals surface area (Å²) in [7, 11) is 0. The van der Waals surface area contributed by atoms with Crippen molar-refractivity contribution in [3.05, 3.63) is 65.7 Å². The lowest BCUT2D eigenvalue weighted by Gasteiger charge is -2.13. The van der Waals surface area contributed by atoms with E-state index in [1.54, 1.807) is 24.3 Å². The third kappa shape index (κ3) is 6.30. The van der Waals surface area contributed by atoms with Crippen LogP contribution in [0.25, 0.3) is 0 Å². The highest BCUT2D eigenvalue weighted by molar-refractivity contribution is 5.94. The molecule has 0 aliphatic heterocycles. The first kappa shape index (κ1) is 19.0. The highest BCUT2D eigenvalue weighted by Gasteiger charge is 2.06. The number of nitrogens with one attached hydrogen (secondary N) is 1. The Hall–Kier alpha value is -2.04. The van der Waals surface area contributed by atoms with Crippen LogP contribution in [-0.4, -0.2) is 19.1 Å². The van der Waals surface area contributed by atoms with Crippen LogP contribution in [0.2, 0.25) is 0 Å². The number of nitrogen functional groups attached to an aromatic ring is 1. The van der Waals surface area contributed by atoms with Crippen LogP contribution >= 0.6 is 12.4 Å². The third-order valence-corrected chi connectivity index (χ3v) is 3.42. The smallest absolute Gasteiger partial charge is 0.251 e. The van der Waals surface area contributed by atoms with Gasteiger partial charge in [0.25, 0.3) is 5.91 Å². The predicted molar refractivity (Wildman–Crippen MR) is 95.9 cm³/mol. The van der Waals surface area contributed by atoms with Crippen LogP contribution < -0.4 is 11.1 Å². The lowest BCUT2D eigenvalue weighted by molar-refractivity contribution is 0.0635. The van der Waals surface area contributed by atoms with Crippen molar-refractivity contribution in [2.24, 2.45) is 0 Å². The number of hydrogen-bond acceptors (Lipinski definition) is 3. The molecule has 124 valence electrons. The Morgan fingerprint density at radius 2 is 1.78 bits per heavy atom. The Kier molecular flexibility index (Phi) is 8.16. The van der Waals surface area contributed by atoms with Crippen molar-refractivity contribution >= 4 is 24.0 Å². The van der Waals surface area contributed by atoms with Crippen molar-refractivity contribution < 1.29 is 9.53 Å². The van der Waals surface area contributed by atoms with Crippen molar-refractivity contribution in [2.45, 2.75) is 19.4 Å². The monoisotopic (exact) mass is 334 g/mol. The molecule has 1 unspecified atom stereocenters. The molecule has 2 aromatic rings. The molecule has 0 bridgehead atoms. The largest absolute Gasteiger partial charge is 0.399 e. The molecule has 0 spiro atoms. The van der Waals surface area contributed by atoms with Gasteiger partial charge in [-0.15, -0.1) is 12.4 Å². The summed E-state index contributed by atoms with van der Waals surface area (Å²) >= 11 is 0. The Labute approximate surface area is 143 Å². The Morgan fingerprint density at radius 1 is 1.13 bits per heavy atom. The van der Waals surface area contributed by atoms with Gasteiger partial charge >= 0.3 is 0 Å². The molecule has 0 saturated carbocycles. The zero-order chi connectivity index (χ0) is 15.8. The molecule has 1 atom stereocenters. The summed E-state index contributed by atoms with van der Waals surface area (Å²) < 4.78 is 5.76. The SMILES string of the molecule is CC(OCCCNC(=O)c1ccc(N)cc1)c1ccccc1.Cl. The van der Waals surface area contributed by atoms with Crippen LogP contribution in [0.1, 0.15) is 35.4 Å². The van der Waals surface area contributed by atoms with Gasteiger partial charge in [-0.3, -0.25) is 4.79 Å². The summed E-state index contributed by atoms with van der Waals surface area (Å²) in [6.07, 6.45) is 0.840. The van der Waals surface area contributed by atoms with Crippen molar-refractivity contribution in [3.8, 4) is 0 Å². The molecule has 4 nitrogen and oxygen atoms in total. The number of hydrogen-bond donors (Lipinski definition) is 2. The van der Waals surface area contributed by atoms with Gasteiger partial charge in [0.1, 0.15) is 0 Å². The van der Waals surface area contributed by atoms with E-state index in [2.05, 4.69) is 5.32 Å². The van der Waals surface area contributed by atoms with Crippen LogP contribution in [0.15, 0.2) is 54.6 Å². The van der Waals surface area contributed by atoms with Crippen molar-refractivity contribution in [3.63, 3.8) is 0 Å². The van der Waals surface area contributed by atoms with Gasteiger partial charge in [-0.2, -0.15) is 0 Å². The molecule has 0 heterocycles.